The van der Waals surface area contributed by atoms with E-state index in [0.717, 1.165) is 45.1 Å². The van der Waals surface area contributed by atoms with Crippen LogP contribution in [0.2, 0.25) is 0 Å². The SMILES string of the molecule is c1ccc(-c2ccc(N(c3ccccc3)c3c(-c4ccc5c(c4)c4ccccc4n5-c4ccccc4)ccc4c3c3ccccc3n4-c3ccccc3)cc2)cc1. The Kier molecular flexibility index (Phi) is 7.82. The first kappa shape index (κ1) is 32.8. The molecule has 2 heterocycles. The van der Waals surface area contributed by atoms with Crippen molar-refractivity contribution < 1.29 is 0 Å². The van der Waals surface area contributed by atoms with Crippen LogP contribution in [-0.2, 0) is 0 Å². The number of para-hydroxylation sites is 5. The first-order valence-electron chi connectivity index (χ1n) is 19.5. The van der Waals surface area contributed by atoms with Crippen LogP contribution in [0.3, 0.4) is 0 Å². The second kappa shape index (κ2) is 13.6. The van der Waals surface area contributed by atoms with Crippen LogP contribution in [-0.4, -0.2) is 9.13 Å². The molecular weight excluding hydrogens is 691 g/mol. The molecule has 0 saturated carbocycles. The lowest BCUT2D eigenvalue weighted by atomic mass is 9.96. The molecule has 3 nitrogen and oxygen atoms in total. The molecular formula is C54H37N3. The van der Waals surface area contributed by atoms with Gasteiger partial charge in [-0.2, -0.15) is 0 Å². The second-order valence-electron chi connectivity index (χ2n) is 14.5. The Morgan fingerprint density at radius 1 is 0.298 bits per heavy atom. The molecule has 0 bridgehead atoms. The van der Waals surface area contributed by atoms with E-state index in [1.807, 2.05) is 0 Å². The summed E-state index contributed by atoms with van der Waals surface area (Å²) in [7, 11) is 0. The molecule has 9 aromatic carbocycles. The molecule has 11 aromatic rings. The third kappa shape index (κ3) is 5.43. The number of hydrogen-bond donors (Lipinski definition) is 0. The van der Waals surface area contributed by atoms with E-state index < -0.39 is 0 Å². The summed E-state index contributed by atoms with van der Waals surface area (Å²) in [6.45, 7) is 0. The van der Waals surface area contributed by atoms with Crippen molar-refractivity contribution in [2.45, 2.75) is 0 Å². The fourth-order valence-corrected chi connectivity index (χ4v) is 8.78. The van der Waals surface area contributed by atoms with Crippen LogP contribution in [0.1, 0.15) is 0 Å². The zero-order valence-electron chi connectivity index (χ0n) is 31.2. The Labute approximate surface area is 331 Å². The van der Waals surface area contributed by atoms with Crippen molar-refractivity contribution in [3.63, 3.8) is 0 Å². The lowest BCUT2D eigenvalue weighted by Crippen LogP contribution is -2.12. The molecule has 0 saturated heterocycles. The Bertz CT molecular complexity index is 3200. The van der Waals surface area contributed by atoms with E-state index in [1.54, 1.807) is 0 Å². The summed E-state index contributed by atoms with van der Waals surface area (Å²) >= 11 is 0. The molecule has 0 aliphatic heterocycles. The van der Waals surface area contributed by atoms with Crippen molar-refractivity contribution in [2.24, 2.45) is 0 Å². The summed E-state index contributed by atoms with van der Waals surface area (Å²) in [5.74, 6) is 0. The average Bonchev–Trinajstić information content (AvgIpc) is 3.81. The molecule has 11 rings (SSSR count). The summed E-state index contributed by atoms with van der Waals surface area (Å²) in [4.78, 5) is 2.46. The van der Waals surface area contributed by atoms with Gasteiger partial charge in [-0.05, 0) is 95.6 Å². The zero-order chi connectivity index (χ0) is 37.7. The van der Waals surface area contributed by atoms with Crippen LogP contribution in [0.4, 0.5) is 17.1 Å². The Hall–Kier alpha value is -7.62. The van der Waals surface area contributed by atoms with Crippen LogP contribution in [0.5, 0.6) is 0 Å². The van der Waals surface area contributed by atoms with Crippen LogP contribution in [0.15, 0.2) is 224 Å². The second-order valence-corrected chi connectivity index (χ2v) is 14.5. The van der Waals surface area contributed by atoms with Crippen LogP contribution in [0.25, 0.3) is 77.2 Å². The summed E-state index contributed by atoms with van der Waals surface area (Å²) in [6.07, 6.45) is 0. The fourth-order valence-electron chi connectivity index (χ4n) is 8.78. The van der Waals surface area contributed by atoms with Gasteiger partial charge in [-0.15, -0.1) is 0 Å². The first-order valence-corrected chi connectivity index (χ1v) is 19.5. The molecule has 0 spiro atoms. The maximum atomic E-state index is 2.46. The van der Waals surface area contributed by atoms with E-state index >= 15 is 0 Å². The van der Waals surface area contributed by atoms with E-state index in [4.69, 9.17) is 0 Å². The quantitative estimate of drug-likeness (QED) is 0.159. The van der Waals surface area contributed by atoms with Gasteiger partial charge < -0.3 is 14.0 Å². The largest absolute Gasteiger partial charge is 0.309 e. The molecule has 0 aliphatic carbocycles. The van der Waals surface area contributed by atoms with Crippen molar-refractivity contribution >= 4 is 60.7 Å². The van der Waals surface area contributed by atoms with Gasteiger partial charge in [0.15, 0.2) is 0 Å². The van der Waals surface area contributed by atoms with Gasteiger partial charge in [0.1, 0.15) is 0 Å². The number of rotatable bonds is 7. The molecule has 0 unspecified atom stereocenters. The topological polar surface area (TPSA) is 13.1 Å². The van der Waals surface area contributed by atoms with Crippen LogP contribution < -0.4 is 4.90 Å². The van der Waals surface area contributed by atoms with Crippen LogP contribution >= 0.6 is 0 Å². The zero-order valence-corrected chi connectivity index (χ0v) is 31.2. The summed E-state index contributed by atoms with van der Waals surface area (Å²) in [5, 5.41) is 4.87. The molecule has 268 valence electrons. The Morgan fingerprint density at radius 3 is 1.42 bits per heavy atom. The maximum absolute atomic E-state index is 2.46. The highest BCUT2D eigenvalue weighted by molar-refractivity contribution is 6.20. The van der Waals surface area contributed by atoms with Crippen molar-refractivity contribution in [3.8, 4) is 33.6 Å². The highest BCUT2D eigenvalue weighted by atomic mass is 15.2. The van der Waals surface area contributed by atoms with Crippen molar-refractivity contribution in [3.05, 3.63) is 224 Å². The van der Waals surface area contributed by atoms with E-state index in [1.165, 1.54) is 49.2 Å². The monoisotopic (exact) mass is 727 g/mol. The van der Waals surface area contributed by atoms with Gasteiger partial charge in [-0.1, -0.05) is 146 Å². The summed E-state index contributed by atoms with van der Waals surface area (Å²) < 4.78 is 4.80. The number of anilines is 3. The van der Waals surface area contributed by atoms with E-state index in [0.29, 0.717) is 0 Å². The highest BCUT2D eigenvalue weighted by Gasteiger charge is 2.25. The molecule has 0 aliphatic rings. The standard InChI is InChI=1S/C54H37N3/c1-5-17-38(18-6-1)39-29-32-44(33-30-39)55(41-19-7-2-8-20-41)54-45(34-36-52-53(54)47-26-14-16-28-50(47)57(52)43-23-11-4-12-24-43)40-31-35-51-48(37-40)46-25-13-15-27-49(46)56(51)42-21-9-3-10-22-42/h1-37H. The van der Waals surface area contributed by atoms with Gasteiger partial charge in [0.2, 0.25) is 0 Å². The molecule has 0 amide bonds. The minimum atomic E-state index is 1.09. The number of fused-ring (bicyclic) bond motifs is 6. The maximum Gasteiger partial charge on any atom is 0.0640 e. The predicted octanol–water partition coefficient (Wildman–Crippen LogP) is 14.7. The van der Waals surface area contributed by atoms with Gasteiger partial charge in [0.25, 0.3) is 0 Å². The molecule has 2 aromatic heterocycles. The minimum absolute atomic E-state index is 1.09. The molecule has 0 atom stereocenters. The van der Waals surface area contributed by atoms with E-state index in [9.17, 15) is 0 Å². The molecule has 0 radical (unpaired) electrons. The van der Waals surface area contributed by atoms with Crippen molar-refractivity contribution in [1.82, 2.24) is 9.13 Å². The molecule has 0 fully saturated rings. The highest BCUT2D eigenvalue weighted by Crippen LogP contribution is 2.49. The number of benzene rings is 9. The Balaban J connectivity index is 1.24. The third-order valence-corrected chi connectivity index (χ3v) is 11.3. The third-order valence-electron chi connectivity index (χ3n) is 11.3. The summed E-state index contributed by atoms with van der Waals surface area (Å²) in [6, 6.07) is 81.2. The average molecular weight is 728 g/mol. The Morgan fingerprint density at radius 2 is 0.754 bits per heavy atom. The first-order chi connectivity index (χ1) is 28.3. The number of aromatic nitrogens is 2. The van der Waals surface area contributed by atoms with Crippen LogP contribution in [0, 0.1) is 0 Å². The molecule has 0 N–H and O–H groups in total. The van der Waals surface area contributed by atoms with E-state index in [2.05, 4.69) is 238 Å². The van der Waals surface area contributed by atoms with Gasteiger partial charge in [0.05, 0.1) is 27.8 Å². The fraction of sp³-hybridized carbons (Fsp3) is 0. The molecule has 3 heteroatoms. The lowest BCUT2D eigenvalue weighted by Gasteiger charge is -2.29. The normalized spacial score (nSPS) is 11.5. The van der Waals surface area contributed by atoms with Crippen molar-refractivity contribution in [1.29, 1.82) is 0 Å². The van der Waals surface area contributed by atoms with Gasteiger partial charge in [-0.3, -0.25) is 0 Å². The van der Waals surface area contributed by atoms with Gasteiger partial charge in [-0.25, -0.2) is 0 Å². The minimum Gasteiger partial charge on any atom is -0.309 e. The number of hydrogen-bond acceptors (Lipinski definition) is 1. The summed E-state index contributed by atoms with van der Waals surface area (Å²) in [5.41, 5.74) is 15.0. The van der Waals surface area contributed by atoms with Gasteiger partial charge >= 0.3 is 0 Å². The van der Waals surface area contributed by atoms with Crippen molar-refractivity contribution in [2.75, 3.05) is 4.90 Å². The van der Waals surface area contributed by atoms with E-state index in [-0.39, 0.29) is 0 Å². The molecule has 57 heavy (non-hydrogen) atoms. The smallest absolute Gasteiger partial charge is 0.0640 e. The lowest BCUT2D eigenvalue weighted by molar-refractivity contribution is 1.18. The predicted molar refractivity (Wildman–Crippen MR) is 241 cm³/mol. The van der Waals surface area contributed by atoms with Gasteiger partial charge in [0, 0.05) is 49.9 Å². The number of nitrogens with zero attached hydrogens (tertiary/aromatic N) is 3.